The van der Waals surface area contributed by atoms with Crippen molar-refractivity contribution in [2.75, 3.05) is 13.1 Å². The molecule has 0 amide bonds. The predicted octanol–water partition coefficient (Wildman–Crippen LogP) is 1.24. The Morgan fingerprint density at radius 2 is 2.39 bits per heavy atom. The molecule has 1 aliphatic heterocycles. The van der Waals surface area contributed by atoms with E-state index in [9.17, 15) is 4.79 Å². The lowest BCUT2D eigenvalue weighted by Crippen LogP contribution is -2.22. The van der Waals surface area contributed by atoms with Crippen molar-refractivity contribution >= 4 is 11.6 Å². The quantitative estimate of drug-likeness (QED) is 0.884. The van der Waals surface area contributed by atoms with Crippen LogP contribution in [0.4, 0.5) is 0 Å². The molecule has 1 saturated heterocycles. The summed E-state index contributed by atoms with van der Waals surface area (Å²) in [5, 5.41) is 8.97. The fraction of sp³-hybridized carbons (Fsp3) is 0.385. The second kappa shape index (κ2) is 4.42. The van der Waals surface area contributed by atoms with Crippen LogP contribution in [-0.2, 0) is 11.3 Å². The first kappa shape index (κ1) is 11.2. The monoisotopic (exact) mass is 245 g/mol. The number of carboxylic acid groups (broad SMARTS) is 1. The van der Waals surface area contributed by atoms with Gasteiger partial charge in [0.25, 0.3) is 0 Å². The van der Waals surface area contributed by atoms with Crippen molar-refractivity contribution in [3.8, 4) is 0 Å². The highest BCUT2D eigenvalue weighted by atomic mass is 16.4. The number of carboxylic acids is 1. The molecular weight excluding hydrogens is 230 g/mol. The molecule has 1 atom stereocenters. The number of aromatic nitrogens is 2. The zero-order valence-corrected chi connectivity index (χ0v) is 9.99. The number of aliphatic carboxylic acids is 1. The van der Waals surface area contributed by atoms with Crippen LogP contribution in [0.1, 0.15) is 12.1 Å². The van der Waals surface area contributed by atoms with E-state index in [1.54, 1.807) is 0 Å². The van der Waals surface area contributed by atoms with Crippen LogP contribution in [0.5, 0.6) is 0 Å². The van der Waals surface area contributed by atoms with E-state index in [1.807, 2.05) is 35.0 Å². The molecule has 3 rings (SSSR count). The van der Waals surface area contributed by atoms with E-state index in [-0.39, 0.29) is 5.92 Å². The van der Waals surface area contributed by atoms with Gasteiger partial charge in [-0.1, -0.05) is 6.07 Å². The molecule has 0 bridgehead atoms. The van der Waals surface area contributed by atoms with Crippen LogP contribution in [-0.4, -0.2) is 38.4 Å². The van der Waals surface area contributed by atoms with Gasteiger partial charge in [0.15, 0.2) is 0 Å². The Morgan fingerprint density at radius 3 is 3.11 bits per heavy atom. The van der Waals surface area contributed by atoms with Crippen LogP contribution >= 0.6 is 0 Å². The fourth-order valence-corrected chi connectivity index (χ4v) is 2.47. The number of nitrogens with zero attached hydrogens (tertiary/aromatic N) is 3. The van der Waals surface area contributed by atoms with Gasteiger partial charge in [0.1, 0.15) is 5.65 Å². The highest BCUT2D eigenvalue weighted by Gasteiger charge is 2.28. The fourth-order valence-electron chi connectivity index (χ4n) is 2.47. The summed E-state index contributed by atoms with van der Waals surface area (Å²) in [6, 6.07) is 5.89. The van der Waals surface area contributed by atoms with Crippen LogP contribution in [0, 0.1) is 5.92 Å². The SMILES string of the molecule is O=C(O)C1CCN(Cc2cn3ccccc3n2)C1. The Balaban J connectivity index is 1.71. The molecule has 2 aromatic rings. The topological polar surface area (TPSA) is 57.8 Å². The van der Waals surface area contributed by atoms with Crippen molar-refractivity contribution in [2.24, 2.45) is 5.92 Å². The number of rotatable bonds is 3. The predicted molar refractivity (Wildman–Crippen MR) is 66.2 cm³/mol. The molecule has 1 unspecified atom stereocenters. The van der Waals surface area contributed by atoms with Crippen molar-refractivity contribution in [3.63, 3.8) is 0 Å². The average molecular weight is 245 g/mol. The highest BCUT2D eigenvalue weighted by Crippen LogP contribution is 2.18. The first-order valence-electron chi connectivity index (χ1n) is 6.10. The molecule has 0 aliphatic carbocycles. The second-order valence-electron chi connectivity index (χ2n) is 4.76. The maximum absolute atomic E-state index is 10.9. The summed E-state index contributed by atoms with van der Waals surface area (Å²) in [4.78, 5) is 17.6. The third kappa shape index (κ3) is 2.09. The number of carbonyl (C=O) groups is 1. The minimum absolute atomic E-state index is 0.220. The number of hydrogen-bond acceptors (Lipinski definition) is 3. The Hall–Kier alpha value is -1.88. The normalized spacial score (nSPS) is 20.6. The molecule has 2 aromatic heterocycles. The molecule has 0 radical (unpaired) electrons. The third-order valence-electron chi connectivity index (χ3n) is 3.42. The molecule has 5 nitrogen and oxygen atoms in total. The van der Waals surface area contributed by atoms with Gasteiger partial charge in [-0.3, -0.25) is 9.69 Å². The van der Waals surface area contributed by atoms with Gasteiger partial charge in [-0.15, -0.1) is 0 Å². The van der Waals surface area contributed by atoms with Crippen molar-refractivity contribution in [2.45, 2.75) is 13.0 Å². The summed E-state index contributed by atoms with van der Waals surface area (Å²) < 4.78 is 1.99. The average Bonchev–Trinajstić information content (AvgIpc) is 2.94. The Kier molecular flexibility index (Phi) is 2.76. The van der Waals surface area contributed by atoms with Crippen molar-refractivity contribution < 1.29 is 9.90 Å². The summed E-state index contributed by atoms with van der Waals surface area (Å²) in [6.45, 7) is 2.19. The summed E-state index contributed by atoms with van der Waals surface area (Å²) in [5.74, 6) is -0.908. The highest BCUT2D eigenvalue weighted by molar-refractivity contribution is 5.70. The summed E-state index contributed by atoms with van der Waals surface area (Å²) in [7, 11) is 0. The number of likely N-dealkylation sites (tertiary alicyclic amines) is 1. The lowest BCUT2D eigenvalue weighted by molar-refractivity contribution is -0.141. The summed E-state index contributed by atoms with van der Waals surface area (Å²) in [5.41, 5.74) is 1.92. The summed E-state index contributed by atoms with van der Waals surface area (Å²) >= 11 is 0. The standard InChI is InChI=1S/C13H15N3O2/c17-13(18)10-4-6-15(7-10)8-11-9-16-5-2-1-3-12(16)14-11/h1-3,5,9-10H,4,6-8H2,(H,17,18). The molecule has 1 N–H and O–H groups in total. The van der Waals surface area contributed by atoms with Crippen LogP contribution < -0.4 is 0 Å². The molecule has 1 aliphatic rings. The van der Waals surface area contributed by atoms with Gasteiger partial charge in [-0.25, -0.2) is 4.98 Å². The van der Waals surface area contributed by atoms with Crippen molar-refractivity contribution in [1.82, 2.24) is 14.3 Å². The van der Waals surface area contributed by atoms with Gasteiger partial charge in [-0.05, 0) is 25.1 Å². The van der Waals surface area contributed by atoms with Gasteiger partial charge >= 0.3 is 5.97 Å². The third-order valence-corrected chi connectivity index (χ3v) is 3.42. The number of pyridine rings is 1. The maximum atomic E-state index is 10.9. The molecular formula is C13H15N3O2. The minimum atomic E-state index is -0.687. The largest absolute Gasteiger partial charge is 0.481 e. The zero-order chi connectivity index (χ0) is 12.5. The smallest absolute Gasteiger partial charge is 0.307 e. The van der Waals surface area contributed by atoms with E-state index >= 15 is 0 Å². The van der Waals surface area contributed by atoms with Crippen molar-refractivity contribution in [1.29, 1.82) is 0 Å². The molecule has 5 heteroatoms. The van der Waals surface area contributed by atoms with Crippen LogP contribution in [0.3, 0.4) is 0 Å². The first-order valence-corrected chi connectivity index (χ1v) is 6.10. The number of imidazole rings is 1. The van der Waals surface area contributed by atoms with Crippen molar-refractivity contribution in [3.05, 3.63) is 36.3 Å². The van der Waals surface area contributed by atoms with Gasteiger partial charge in [0.2, 0.25) is 0 Å². The van der Waals surface area contributed by atoms with Crippen LogP contribution in [0.25, 0.3) is 5.65 Å². The molecule has 3 heterocycles. The molecule has 18 heavy (non-hydrogen) atoms. The maximum Gasteiger partial charge on any atom is 0.307 e. The van der Waals surface area contributed by atoms with E-state index in [4.69, 9.17) is 5.11 Å². The van der Waals surface area contributed by atoms with Crippen LogP contribution in [0.2, 0.25) is 0 Å². The lowest BCUT2D eigenvalue weighted by Gasteiger charge is -2.12. The van der Waals surface area contributed by atoms with Crippen LogP contribution in [0.15, 0.2) is 30.6 Å². The Bertz CT molecular complexity index is 545. The van der Waals surface area contributed by atoms with Gasteiger partial charge < -0.3 is 9.51 Å². The molecule has 94 valence electrons. The minimum Gasteiger partial charge on any atom is -0.481 e. The zero-order valence-electron chi connectivity index (χ0n) is 9.99. The van der Waals surface area contributed by atoms with E-state index in [0.717, 1.165) is 30.9 Å². The number of fused-ring (bicyclic) bond motifs is 1. The van der Waals surface area contributed by atoms with Gasteiger partial charge in [0.05, 0.1) is 11.6 Å². The van der Waals surface area contributed by atoms with E-state index in [1.165, 1.54) is 0 Å². The Morgan fingerprint density at radius 1 is 1.50 bits per heavy atom. The molecule has 1 fully saturated rings. The molecule has 0 saturated carbocycles. The second-order valence-corrected chi connectivity index (χ2v) is 4.76. The Labute approximate surface area is 105 Å². The van der Waals surface area contributed by atoms with E-state index < -0.39 is 5.97 Å². The summed E-state index contributed by atoms with van der Waals surface area (Å²) in [6.07, 6.45) is 4.71. The lowest BCUT2D eigenvalue weighted by atomic mass is 10.1. The molecule has 0 aromatic carbocycles. The molecule has 0 spiro atoms. The van der Waals surface area contributed by atoms with Gasteiger partial charge in [-0.2, -0.15) is 0 Å². The van der Waals surface area contributed by atoms with Gasteiger partial charge in [0, 0.05) is 25.5 Å². The first-order chi connectivity index (χ1) is 8.72. The van der Waals surface area contributed by atoms with E-state index in [2.05, 4.69) is 9.88 Å². The van der Waals surface area contributed by atoms with E-state index in [0.29, 0.717) is 6.54 Å². The number of hydrogen-bond donors (Lipinski definition) is 1.